The number of aryl methyl sites for hydroxylation is 1. The van der Waals surface area contributed by atoms with E-state index in [2.05, 4.69) is 5.32 Å². The highest BCUT2D eigenvalue weighted by molar-refractivity contribution is 5.93. The summed E-state index contributed by atoms with van der Waals surface area (Å²) in [5.41, 5.74) is 7.32. The third kappa shape index (κ3) is 3.34. The van der Waals surface area contributed by atoms with Gasteiger partial charge in [-0.1, -0.05) is 6.07 Å². The number of nitrogens with one attached hydrogen (secondary N) is 1. The Hall–Kier alpha value is -2.50. The molecule has 3 nitrogen and oxygen atoms in total. The van der Waals surface area contributed by atoms with Gasteiger partial charge in [-0.25, -0.2) is 13.2 Å². The maximum atomic E-state index is 13.1. The van der Waals surface area contributed by atoms with Crippen molar-refractivity contribution in [1.29, 1.82) is 0 Å². The summed E-state index contributed by atoms with van der Waals surface area (Å²) >= 11 is 0. The van der Waals surface area contributed by atoms with E-state index < -0.39 is 23.4 Å². The molecule has 2 rings (SSSR count). The zero-order valence-corrected chi connectivity index (χ0v) is 11.2. The van der Waals surface area contributed by atoms with Crippen molar-refractivity contribution in [2.24, 2.45) is 5.73 Å². The molecule has 21 heavy (non-hydrogen) atoms. The number of anilines is 1. The van der Waals surface area contributed by atoms with Gasteiger partial charge in [-0.2, -0.15) is 0 Å². The smallest absolute Gasteiger partial charge is 0.248 e. The second kappa shape index (κ2) is 5.87. The molecule has 0 spiro atoms. The number of carbonyl (C=O) groups excluding carboxylic acids is 1. The van der Waals surface area contributed by atoms with Crippen LogP contribution in [0.3, 0.4) is 0 Å². The van der Waals surface area contributed by atoms with Gasteiger partial charge in [0.05, 0.1) is 0 Å². The van der Waals surface area contributed by atoms with Gasteiger partial charge in [-0.05, 0) is 30.2 Å². The summed E-state index contributed by atoms with van der Waals surface area (Å²) in [5.74, 6) is -4.53. The molecular formula is C15H13F3N2O. The molecule has 0 aliphatic heterocycles. The van der Waals surface area contributed by atoms with Gasteiger partial charge in [-0.15, -0.1) is 0 Å². The number of carbonyl (C=O) groups is 1. The van der Waals surface area contributed by atoms with Gasteiger partial charge < -0.3 is 11.1 Å². The fourth-order valence-corrected chi connectivity index (χ4v) is 1.90. The topological polar surface area (TPSA) is 55.1 Å². The van der Waals surface area contributed by atoms with E-state index in [1.54, 1.807) is 25.1 Å². The summed E-state index contributed by atoms with van der Waals surface area (Å²) < 4.78 is 39.0. The molecular weight excluding hydrogens is 281 g/mol. The summed E-state index contributed by atoms with van der Waals surface area (Å²) in [4.78, 5) is 11.0. The van der Waals surface area contributed by atoms with Crippen LogP contribution in [-0.4, -0.2) is 5.91 Å². The highest BCUT2D eigenvalue weighted by Crippen LogP contribution is 2.19. The molecule has 0 aliphatic rings. The maximum absolute atomic E-state index is 13.1. The Morgan fingerprint density at radius 3 is 2.29 bits per heavy atom. The van der Waals surface area contributed by atoms with Crippen molar-refractivity contribution in [1.82, 2.24) is 0 Å². The van der Waals surface area contributed by atoms with Crippen LogP contribution in [0.15, 0.2) is 30.3 Å². The first-order valence-corrected chi connectivity index (χ1v) is 6.16. The molecule has 110 valence electrons. The van der Waals surface area contributed by atoms with Crippen molar-refractivity contribution in [3.8, 4) is 0 Å². The van der Waals surface area contributed by atoms with E-state index in [1.165, 1.54) is 0 Å². The third-order valence-electron chi connectivity index (χ3n) is 3.09. The average molecular weight is 294 g/mol. The predicted molar refractivity (Wildman–Crippen MR) is 73.3 cm³/mol. The lowest BCUT2D eigenvalue weighted by molar-refractivity contribution is 0.1000. The van der Waals surface area contributed by atoms with Crippen LogP contribution in [0.5, 0.6) is 0 Å². The number of amides is 1. The predicted octanol–water partition coefficient (Wildman–Crippen LogP) is 3.12. The lowest BCUT2D eigenvalue weighted by atomic mass is 10.0. The van der Waals surface area contributed by atoms with Gasteiger partial charge in [-0.3, -0.25) is 4.79 Å². The first-order valence-electron chi connectivity index (χ1n) is 6.16. The van der Waals surface area contributed by atoms with Crippen molar-refractivity contribution in [3.05, 3.63) is 64.5 Å². The number of hydrogen-bond donors (Lipinski definition) is 2. The van der Waals surface area contributed by atoms with E-state index in [9.17, 15) is 18.0 Å². The van der Waals surface area contributed by atoms with Crippen LogP contribution in [-0.2, 0) is 6.54 Å². The number of primary amides is 1. The molecule has 0 aromatic heterocycles. The van der Waals surface area contributed by atoms with Crippen molar-refractivity contribution in [3.63, 3.8) is 0 Å². The molecule has 0 radical (unpaired) electrons. The van der Waals surface area contributed by atoms with Crippen LogP contribution in [0, 0.1) is 24.4 Å². The average Bonchev–Trinajstić information content (AvgIpc) is 2.43. The molecule has 3 N–H and O–H groups in total. The van der Waals surface area contributed by atoms with Crippen molar-refractivity contribution < 1.29 is 18.0 Å². The Bertz CT molecular complexity index is 678. The van der Waals surface area contributed by atoms with Crippen molar-refractivity contribution in [2.75, 3.05) is 5.32 Å². The van der Waals surface area contributed by atoms with Crippen LogP contribution >= 0.6 is 0 Å². The van der Waals surface area contributed by atoms with E-state index >= 15 is 0 Å². The number of benzene rings is 2. The molecule has 0 aliphatic carbocycles. The van der Waals surface area contributed by atoms with Gasteiger partial charge in [0.1, 0.15) is 0 Å². The third-order valence-corrected chi connectivity index (χ3v) is 3.09. The van der Waals surface area contributed by atoms with Crippen molar-refractivity contribution in [2.45, 2.75) is 13.5 Å². The second-order valence-electron chi connectivity index (χ2n) is 4.61. The molecule has 0 atom stereocenters. The maximum Gasteiger partial charge on any atom is 0.248 e. The Kier molecular flexibility index (Phi) is 4.16. The van der Waals surface area contributed by atoms with Crippen LogP contribution in [0.1, 0.15) is 21.5 Å². The van der Waals surface area contributed by atoms with E-state index in [0.29, 0.717) is 5.56 Å². The lowest BCUT2D eigenvalue weighted by Crippen LogP contribution is -2.12. The SMILES string of the molecule is Cc1cc(C(N)=O)ccc1CNc1cc(F)c(F)c(F)c1. The molecule has 1 amide bonds. The summed E-state index contributed by atoms with van der Waals surface area (Å²) in [6.45, 7) is 2.06. The summed E-state index contributed by atoms with van der Waals surface area (Å²) in [6, 6.07) is 6.65. The number of nitrogens with two attached hydrogens (primary N) is 1. The molecule has 2 aromatic rings. The van der Waals surface area contributed by atoms with Gasteiger partial charge >= 0.3 is 0 Å². The van der Waals surface area contributed by atoms with Gasteiger partial charge in [0.25, 0.3) is 0 Å². The van der Waals surface area contributed by atoms with Gasteiger partial charge in [0, 0.05) is 29.9 Å². The second-order valence-corrected chi connectivity index (χ2v) is 4.61. The molecule has 0 unspecified atom stereocenters. The zero-order valence-electron chi connectivity index (χ0n) is 11.2. The molecule has 0 saturated heterocycles. The molecule has 0 fully saturated rings. The number of halogens is 3. The largest absolute Gasteiger partial charge is 0.381 e. The minimum absolute atomic E-state index is 0.129. The molecule has 0 heterocycles. The standard InChI is InChI=1S/C15H13F3N2O/c1-8-4-9(15(19)21)2-3-10(8)7-20-11-5-12(16)14(18)13(17)6-11/h2-6,20H,7H2,1H3,(H2,19,21). The Balaban J connectivity index is 2.15. The normalized spacial score (nSPS) is 10.5. The van der Waals surface area contributed by atoms with Crippen LogP contribution in [0.4, 0.5) is 18.9 Å². The van der Waals surface area contributed by atoms with E-state index in [4.69, 9.17) is 5.73 Å². The first kappa shape index (κ1) is 14.9. The van der Waals surface area contributed by atoms with Gasteiger partial charge in [0.2, 0.25) is 5.91 Å². The van der Waals surface area contributed by atoms with Gasteiger partial charge in [0.15, 0.2) is 17.5 Å². The summed E-state index contributed by atoms with van der Waals surface area (Å²) in [5, 5.41) is 2.80. The number of rotatable bonds is 4. The Morgan fingerprint density at radius 1 is 1.14 bits per heavy atom. The van der Waals surface area contributed by atoms with Crippen LogP contribution < -0.4 is 11.1 Å². The lowest BCUT2D eigenvalue weighted by Gasteiger charge is -2.10. The van der Waals surface area contributed by atoms with E-state index in [1.807, 2.05) is 0 Å². The molecule has 0 saturated carbocycles. The quantitative estimate of drug-likeness (QED) is 0.851. The highest BCUT2D eigenvalue weighted by atomic mass is 19.2. The minimum atomic E-state index is -1.50. The summed E-state index contributed by atoms with van der Waals surface area (Å²) in [7, 11) is 0. The fourth-order valence-electron chi connectivity index (χ4n) is 1.90. The Morgan fingerprint density at radius 2 is 1.76 bits per heavy atom. The van der Waals surface area contributed by atoms with E-state index in [-0.39, 0.29) is 12.2 Å². The summed E-state index contributed by atoms with van der Waals surface area (Å²) in [6.07, 6.45) is 0. The zero-order chi connectivity index (χ0) is 15.6. The van der Waals surface area contributed by atoms with E-state index in [0.717, 1.165) is 23.3 Å². The van der Waals surface area contributed by atoms with Crippen LogP contribution in [0.2, 0.25) is 0 Å². The highest BCUT2D eigenvalue weighted by Gasteiger charge is 2.10. The Labute approximate surface area is 119 Å². The fraction of sp³-hybridized carbons (Fsp3) is 0.133. The van der Waals surface area contributed by atoms with Crippen molar-refractivity contribution >= 4 is 11.6 Å². The molecule has 0 bridgehead atoms. The monoisotopic (exact) mass is 294 g/mol. The molecule has 2 aromatic carbocycles. The minimum Gasteiger partial charge on any atom is -0.381 e. The number of hydrogen-bond acceptors (Lipinski definition) is 2. The molecule has 6 heteroatoms. The van der Waals surface area contributed by atoms with Crippen LogP contribution in [0.25, 0.3) is 0 Å². The first-order chi connectivity index (χ1) is 9.88.